The molecule has 0 saturated carbocycles. The van der Waals surface area contributed by atoms with E-state index in [2.05, 4.69) is 15.6 Å². The molecule has 17 heavy (non-hydrogen) atoms. The number of carbonyl (C=O) groups excluding carboxylic acids is 1. The highest BCUT2D eigenvalue weighted by atomic mass is 16.3. The summed E-state index contributed by atoms with van der Waals surface area (Å²) in [5.74, 6) is 0.00196. The zero-order chi connectivity index (χ0) is 12.1. The molecular formula is C12H17N3O2. The van der Waals surface area contributed by atoms with Crippen molar-refractivity contribution >= 4 is 5.91 Å². The second-order valence-electron chi connectivity index (χ2n) is 4.26. The molecule has 0 aromatic carbocycles. The van der Waals surface area contributed by atoms with Gasteiger partial charge in [0.1, 0.15) is 0 Å². The van der Waals surface area contributed by atoms with Gasteiger partial charge in [0.15, 0.2) is 0 Å². The summed E-state index contributed by atoms with van der Waals surface area (Å²) in [5.41, 5.74) is 0.551. The number of piperidine rings is 1. The van der Waals surface area contributed by atoms with E-state index in [-0.39, 0.29) is 24.5 Å². The van der Waals surface area contributed by atoms with Gasteiger partial charge in [0.05, 0.1) is 5.56 Å². The number of aliphatic hydroxyl groups is 1. The van der Waals surface area contributed by atoms with E-state index >= 15 is 0 Å². The van der Waals surface area contributed by atoms with E-state index in [1.54, 1.807) is 24.5 Å². The first-order chi connectivity index (χ1) is 8.31. The average molecular weight is 235 g/mol. The third kappa shape index (κ3) is 3.01. The topological polar surface area (TPSA) is 74.2 Å². The number of hydrogen-bond donors (Lipinski definition) is 3. The second-order valence-corrected chi connectivity index (χ2v) is 4.26. The molecule has 0 aliphatic carbocycles. The molecule has 1 aromatic rings. The van der Waals surface area contributed by atoms with Gasteiger partial charge in [-0.25, -0.2) is 0 Å². The highest BCUT2D eigenvalue weighted by Crippen LogP contribution is 2.12. The summed E-state index contributed by atoms with van der Waals surface area (Å²) >= 11 is 0. The normalized spacial score (nSPS) is 24.3. The fraction of sp³-hybridized carbons (Fsp3) is 0.500. The SMILES string of the molecule is O=C(N[C@@H]1CNCC[C@@H]1CO)c1cccnc1. The molecule has 0 unspecified atom stereocenters. The molecule has 0 spiro atoms. The van der Waals surface area contributed by atoms with Crippen molar-refractivity contribution in [3.05, 3.63) is 30.1 Å². The Kier molecular flexibility index (Phi) is 4.06. The number of aliphatic hydroxyl groups excluding tert-OH is 1. The summed E-state index contributed by atoms with van der Waals surface area (Å²) in [4.78, 5) is 15.8. The van der Waals surface area contributed by atoms with Gasteiger partial charge in [-0.3, -0.25) is 9.78 Å². The van der Waals surface area contributed by atoms with Gasteiger partial charge in [0.2, 0.25) is 0 Å². The summed E-state index contributed by atoms with van der Waals surface area (Å²) in [6.45, 7) is 1.71. The lowest BCUT2D eigenvalue weighted by molar-refractivity contribution is 0.0883. The molecule has 1 amide bonds. The van der Waals surface area contributed by atoms with Gasteiger partial charge < -0.3 is 15.7 Å². The van der Waals surface area contributed by atoms with Crippen LogP contribution in [0.5, 0.6) is 0 Å². The third-order valence-corrected chi connectivity index (χ3v) is 3.10. The predicted molar refractivity (Wildman–Crippen MR) is 63.6 cm³/mol. The van der Waals surface area contributed by atoms with Crippen LogP contribution in [0.1, 0.15) is 16.8 Å². The number of hydrogen-bond acceptors (Lipinski definition) is 4. The van der Waals surface area contributed by atoms with Crippen molar-refractivity contribution in [2.24, 2.45) is 5.92 Å². The Hall–Kier alpha value is -1.46. The van der Waals surface area contributed by atoms with Crippen molar-refractivity contribution in [2.75, 3.05) is 19.7 Å². The van der Waals surface area contributed by atoms with E-state index in [0.717, 1.165) is 13.0 Å². The summed E-state index contributed by atoms with van der Waals surface area (Å²) in [7, 11) is 0. The Bertz CT molecular complexity index is 369. The van der Waals surface area contributed by atoms with Gasteiger partial charge in [-0.05, 0) is 25.1 Å². The van der Waals surface area contributed by atoms with E-state index in [4.69, 9.17) is 0 Å². The van der Waals surface area contributed by atoms with Crippen LogP contribution in [0.3, 0.4) is 0 Å². The lowest BCUT2D eigenvalue weighted by Crippen LogP contribution is -2.52. The van der Waals surface area contributed by atoms with Crippen LogP contribution in [0.15, 0.2) is 24.5 Å². The minimum atomic E-state index is -0.134. The van der Waals surface area contributed by atoms with Gasteiger partial charge in [-0.2, -0.15) is 0 Å². The maximum atomic E-state index is 11.9. The molecule has 0 radical (unpaired) electrons. The standard InChI is InChI=1S/C12H17N3O2/c16-8-10-3-5-14-7-11(10)15-12(17)9-2-1-4-13-6-9/h1-2,4,6,10-11,14,16H,3,5,7-8H2,(H,15,17)/t10-,11-/m1/s1. The molecule has 1 saturated heterocycles. The van der Waals surface area contributed by atoms with Crippen molar-refractivity contribution < 1.29 is 9.90 Å². The lowest BCUT2D eigenvalue weighted by atomic mass is 9.93. The van der Waals surface area contributed by atoms with Crippen LogP contribution in [0.25, 0.3) is 0 Å². The molecule has 1 aromatic heterocycles. The number of pyridine rings is 1. The monoisotopic (exact) mass is 235 g/mol. The van der Waals surface area contributed by atoms with E-state index in [9.17, 15) is 9.90 Å². The van der Waals surface area contributed by atoms with Crippen molar-refractivity contribution in [3.63, 3.8) is 0 Å². The largest absolute Gasteiger partial charge is 0.396 e. The first kappa shape index (κ1) is 12.0. The van der Waals surface area contributed by atoms with Crippen LogP contribution < -0.4 is 10.6 Å². The first-order valence-corrected chi connectivity index (χ1v) is 5.83. The van der Waals surface area contributed by atoms with Crippen molar-refractivity contribution in [3.8, 4) is 0 Å². The van der Waals surface area contributed by atoms with E-state index < -0.39 is 0 Å². The number of nitrogens with one attached hydrogen (secondary N) is 2. The molecule has 1 aliphatic rings. The minimum Gasteiger partial charge on any atom is -0.396 e. The van der Waals surface area contributed by atoms with Crippen LogP contribution in [-0.4, -0.2) is 41.7 Å². The molecule has 2 rings (SSSR count). The number of carbonyl (C=O) groups is 1. The van der Waals surface area contributed by atoms with Gasteiger partial charge in [0.25, 0.3) is 5.91 Å². The smallest absolute Gasteiger partial charge is 0.253 e. The Labute approximate surface area is 100 Å². The summed E-state index contributed by atoms with van der Waals surface area (Å²) in [5, 5.41) is 15.4. The summed E-state index contributed by atoms with van der Waals surface area (Å²) < 4.78 is 0. The number of nitrogens with zero attached hydrogens (tertiary/aromatic N) is 1. The zero-order valence-electron chi connectivity index (χ0n) is 9.60. The molecule has 5 heteroatoms. The maximum absolute atomic E-state index is 11.9. The average Bonchev–Trinajstić information content (AvgIpc) is 2.40. The van der Waals surface area contributed by atoms with Crippen molar-refractivity contribution in [2.45, 2.75) is 12.5 Å². The maximum Gasteiger partial charge on any atom is 0.253 e. The predicted octanol–water partition coefficient (Wildman–Crippen LogP) is -0.218. The van der Waals surface area contributed by atoms with E-state index in [1.165, 1.54) is 0 Å². The first-order valence-electron chi connectivity index (χ1n) is 5.83. The molecule has 3 N–H and O–H groups in total. The van der Waals surface area contributed by atoms with E-state index in [1.807, 2.05) is 0 Å². The van der Waals surface area contributed by atoms with Gasteiger partial charge in [-0.1, -0.05) is 0 Å². The molecule has 0 bridgehead atoms. The molecule has 2 heterocycles. The molecular weight excluding hydrogens is 218 g/mol. The molecule has 1 fully saturated rings. The van der Waals surface area contributed by atoms with Gasteiger partial charge in [0, 0.05) is 37.5 Å². The quantitative estimate of drug-likeness (QED) is 0.677. The molecule has 5 nitrogen and oxygen atoms in total. The highest BCUT2D eigenvalue weighted by Gasteiger charge is 2.25. The Morgan fingerprint density at radius 1 is 1.65 bits per heavy atom. The van der Waals surface area contributed by atoms with Crippen LogP contribution >= 0.6 is 0 Å². The molecule has 92 valence electrons. The lowest BCUT2D eigenvalue weighted by Gasteiger charge is -2.31. The summed E-state index contributed by atoms with van der Waals surface area (Å²) in [6, 6.07) is 3.45. The van der Waals surface area contributed by atoms with Crippen molar-refractivity contribution in [1.29, 1.82) is 0 Å². The molecule has 2 atom stereocenters. The third-order valence-electron chi connectivity index (χ3n) is 3.10. The number of aromatic nitrogens is 1. The fourth-order valence-electron chi connectivity index (χ4n) is 2.05. The minimum absolute atomic E-state index is 0.0125. The van der Waals surface area contributed by atoms with Crippen LogP contribution in [0, 0.1) is 5.92 Å². The zero-order valence-corrected chi connectivity index (χ0v) is 9.60. The van der Waals surface area contributed by atoms with Crippen molar-refractivity contribution in [1.82, 2.24) is 15.6 Å². The van der Waals surface area contributed by atoms with E-state index in [0.29, 0.717) is 12.1 Å². The summed E-state index contributed by atoms with van der Waals surface area (Å²) in [6.07, 6.45) is 4.06. The number of amides is 1. The fourth-order valence-corrected chi connectivity index (χ4v) is 2.05. The second kappa shape index (κ2) is 5.75. The Balaban J connectivity index is 1.98. The highest BCUT2D eigenvalue weighted by molar-refractivity contribution is 5.94. The Morgan fingerprint density at radius 3 is 3.24 bits per heavy atom. The number of rotatable bonds is 3. The van der Waals surface area contributed by atoms with Crippen LogP contribution in [-0.2, 0) is 0 Å². The van der Waals surface area contributed by atoms with Crippen LogP contribution in [0.4, 0.5) is 0 Å². The van der Waals surface area contributed by atoms with Gasteiger partial charge >= 0.3 is 0 Å². The molecule has 1 aliphatic heterocycles. The van der Waals surface area contributed by atoms with Crippen LogP contribution in [0.2, 0.25) is 0 Å². The Morgan fingerprint density at radius 2 is 2.53 bits per heavy atom. The van der Waals surface area contributed by atoms with Gasteiger partial charge in [-0.15, -0.1) is 0 Å².